The topological polar surface area (TPSA) is 20.3 Å². The van der Waals surface area contributed by atoms with Gasteiger partial charge in [-0.1, -0.05) is 13.8 Å². The van der Waals surface area contributed by atoms with Gasteiger partial charge < -0.3 is 18.7 Å². The van der Waals surface area contributed by atoms with E-state index < -0.39 is 0 Å². The molecule has 0 aromatic heterocycles. The summed E-state index contributed by atoms with van der Waals surface area (Å²) in [6.45, 7) is 12.0. The minimum atomic E-state index is 0. The minimum absolute atomic E-state index is 0. The maximum absolute atomic E-state index is 11.2. The summed E-state index contributed by atoms with van der Waals surface area (Å²) in [6, 6.07) is 0. The molecule has 0 saturated carbocycles. The number of hydrogen-bond donors (Lipinski definition) is 0. The zero-order valence-corrected chi connectivity index (χ0v) is 10.2. The first-order chi connectivity index (χ1) is 4.63. The zero-order chi connectivity index (χ0) is 8.15. The van der Waals surface area contributed by atoms with Gasteiger partial charge in [-0.05, 0) is 0 Å². The van der Waals surface area contributed by atoms with Crippen LogP contribution in [0.2, 0.25) is 0 Å². The summed E-state index contributed by atoms with van der Waals surface area (Å²) >= 11 is 0. The predicted octanol–water partition coefficient (Wildman–Crippen LogP) is 1.14. The van der Waals surface area contributed by atoms with Crippen molar-refractivity contribution in [3.8, 4) is 0 Å². The molecule has 2 nitrogen and oxygen atoms in total. The Morgan fingerprint density at radius 3 is 1.82 bits per heavy atom. The molecule has 0 rings (SSSR count). The SMILES string of the molecule is [CH2-]CN(C[CH2-])C(=O)C(C)C.[Y]. The van der Waals surface area contributed by atoms with Gasteiger partial charge in [0.05, 0.1) is 0 Å². The van der Waals surface area contributed by atoms with Gasteiger partial charge in [-0.25, -0.2) is 0 Å². The molecule has 0 bridgehead atoms. The Morgan fingerprint density at radius 1 is 1.36 bits per heavy atom. The van der Waals surface area contributed by atoms with Gasteiger partial charge in [-0.2, -0.15) is 0 Å². The molecular formula is C8H15NOY-2. The van der Waals surface area contributed by atoms with Crippen LogP contribution in [0.5, 0.6) is 0 Å². The number of rotatable bonds is 3. The second-order valence-corrected chi connectivity index (χ2v) is 2.48. The third-order valence-corrected chi connectivity index (χ3v) is 1.35. The van der Waals surface area contributed by atoms with Crippen molar-refractivity contribution in [2.75, 3.05) is 13.1 Å². The Morgan fingerprint density at radius 2 is 1.73 bits per heavy atom. The average Bonchev–Trinajstić information content (AvgIpc) is 1.90. The fourth-order valence-electron chi connectivity index (χ4n) is 0.697. The van der Waals surface area contributed by atoms with Crippen molar-refractivity contribution in [1.82, 2.24) is 4.90 Å². The molecule has 0 atom stereocenters. The monoisotopic (exact) mass is 230 g/mol. The molecule has 1 radical (unpaired) electrons. The number of nitrogens with zero attached hydrogens (tertiary/aromatic N) is 1. The summed E-state index contributed by atoms with van der Waals surface area (Å²) in [6.07, 6.45) is 0. The summed E-state index contributed by atoms with van der Waals surface area (Å²) < 4.78 is 0. The Balaban J connectivity index is 0. The predicted molar refractivity (Wildman–Crippen MR) is 42.1 cm³/mol. The third-order valence-electron chi connectivity index (χ3n) is 1.35. The minimum Gasteiger partial charge on any atom is -0.403 e. The summed E-state index contributed by atoms with van der Waals surface area (Å²) in [5.74, 6) is 0.188. The molecule has 0 unspecified atom stereocenters. The van der Waals surface area contributed by atoms with Crippen molar-refractivity contribution in [2.24, 2.45) is 5.92 Å². The van der Waals surface area contributed by atoms with Crippen LogP contribution in [-0.2, 0) is 37.5 Å². The molecule has 3 heteroatoms. The summed E-state index contributed by atoms with van der Waals surface area (Å²) in [5, 5.41) is 0. The maximum atomic E-state index is 11.2. The van der Waals surface area contributed by atoms with Crippen molar-refractivity contribution in [3.63, 3.8) is 0 Å². The first-order valence-electron chi connectivity index (χ1n) is 3.50. The number of hydrogen-bond acceptors (Lipinski definition) is 1. The van der Waals surface area contributed by atoms with E-state index in [1.807, 2.05) is 13.8 Å². The van der Waals surface area contributed by atoms with Crippen molar-refractivity contribution in [1.29, 1.82) is 0 Å². The Bertz CT molecular complexity index is 111. The molecule has 0 aromatic carbocycles. The summed E-state index contributed by atoms with van der Waals surface area (Å²) in [5.41, 5.74) is 0. The third kappa shape index (κ3) is 4.92. The van der Waals surface area contributed by atoms with E-state index in [0.717, 1.165) is 0 Å². The van der Waals surface area contributed by atoms with Gasteiger partial charge in [0.1, 0.15) is 0 Å². The molecule has 11 heavy (non-hydrogen) atoms. The van der Waals surface area contributed by atoms with E-state index in [2.05, 4.69) is 13.8 Å². The molecule has 0 aromatic rings. The van der Waals surface area contributed by atoms with Crippen LogP contribution in [0.4, 0.5) is 0 Å². The van der Waals surface area contributed by atoms with E-state index in [-0.39, 0.29) is 44.5 Å². The molecule has 0 heterocycles. The van der Waals surface area contributed by atoms with E-state index in [4.69, 9.17) is 0 Å². The molecule has 1 amide bonds. The zero-order valence-electron chi connectivity index (χ0n) is 7.34. The molecule has 0 spiro atoms. The van der Waals surface area contributed by atoms with Crippen LogP contribution in [0.3, 0.4) is 0 Å². The largest absolute Gasteiger partial charge is 0.403 e. The Kier molecular flexibility index (Phi) is 9.29. The van der Waals surface area contributed by atoms with Crippen molar-refractivity contribution in [2.45, 2.75) is 13.8 Å². The number of carbonyl (C=O) groups excluding carboxylic acids is 1. The number of carbonyl (C=O) groups is 1. The average molecular weight is 230 g/mol. The van der Waals surface area contributed by atoms with E-state index in [0.29, 0.717) is 13.1 Å². The normalized spacial score (nSPS) is 9.18. The van der Waals surface area contributed by atoms with Crippen LogP contribution in [-0.4, -0.2) is 23.9 Å². The first kappa shape index (κ1) is 14.1. The Labute approximate surface area is 94.6 Å². The van der Waals surface area contributed by atoms with Gasteiger partial charge in [0.2, 0.25) is 5.91 Å². The van der Waals surface area contributed by atoms with E-state index in [1.165, 1.54) is 0 Å². The smallest absolute Gasteiger partial charge is 0.220 e. The molecule has 0 fully saturated rings. The molecule has 63 valence electrons. The number of amides is 1. The van der Waals surface area contributed by atoms with Crippen LogP contribution in [0.1, 0.15) is 13.8 Å². The fraction of sp³-hybridized carbons (Fsp3) is 0.625. The van der Waals surface area contributed by atoms with Gasteiger partial charge in [-0.3, -0.25) is 4.79 Å². The van der Waals surface area contributed by atoms with Crippen LogP contribution in [0.15, 0.2) is 0 Å². The van der Waals surface area contributed by atoms with E-state index in [1.54, 1.807) is 4.90 Å². The second kappa shape index (κ2) is 7.24. The van der Waals surface area contributed by atoms with Gasteiger partial charge >= 0.3 is 0 Å². The molecule has 0 N–H and O–H groups in total. The quantitative estimate of drug-likeness (QED) is 0.666. The van der Waals surface area contributed by atoms with Crippen LogP contribution >= 0.6 is 0 Å². The van der Waals surface area contributed by atoms with Gasteiger partial charge in [0, 0.05) is 38.6 Å². The van der Waals surface area contributed by atoms with Crippen molar-refractivity contribution < 1.29 is 37.5 Å². The molecule has 0 aliphatic carbocycles. The van der Waals surface area contributed by atoms with Crippen LogP contribution < -0.4 is 0 Å². The second-order valence-electron chi connectivity index (χ2n) is 2.48. The Hall–Kier alpha value is 0.574. The van der Waals surface area contributed by atoms with Crippen molar-refractivity contribution >= 4 is 5.91 Å². The summed E-state index contributed by atoms with van der Waals surface area (Å²) in [4.78, 5) is 12.8. The van der Waals surface area contributed by atoms with Crippen LogP contribution in [0, 0.1) is 19.8 Å². The first-order valence-corrected chi connectivity index (χ1v) is 3.50. The molecule has 0 saturated heterocycles. The van der Waals surface area contributed by atoms with E-state index >= 15 is 0 Å². The van der Waals surface area contributed by atoms with E-state index in [9.17, 15) is 4.79 Å². The fourth-order valence-corrected chi connectivity index (χ4v) is 0.697. The standard InChI is InChI=1S/C8H15NO.Y/c1-5-9(6-2)8(10)7(3)4;/h7H,1-2,5-6H2,3-4H3;/q-2;. The molecule has 0 aliphatic heterocycles. The van der Waals surface area contributed by atoms with Crippen molar-refractivity contribution in [3.05, 3.63) is 13.8 Å². The summed E-state index contributed by atoms with van der Waals surface area (Å²) in [7, 11) is 0. The van der Waals surface area contributed by atoms with Gasteiger partial charge in [0.25, 0.3) is 0 Å². The maximum Gasteiger partial charge on any atom is 0.220 e. The molecular weight excluding hydrogens is 215 g/mol. The van der Waals surface area contributed by atoms with Crippen LogP contribution in [0.25, 0.3) is 0 Å². The van der Waals surface area contributed by atoms with Gasteiger partial charge in [-0.15, -0.1) is 13.1 Å². The molecule has 0 aliphatic rings. The van der Waals surface area contributed by atoms with Gasteiger partial charge in [0.15, 0.2) is 0 Å².